The molecule has 7 heteroatoms. The average Bonchev–Trinajstić information content (AvgIpc) is 2.68. The fourth-order valence-electron chi connectivity index (χ4n) is 2.47. The predicted molar refractivity (Wildman–Crippen MR) is 103 cm³/mol. The maximum absolute atomic E-state index is 13.6. The van der Waals surface area contributed by atoms with Crippen LogP contribution in [0.3, 0.4) is 0 Å². The van der Waals surface area contributed by atoms with Crippen molar-refractivity contribution in [3.8, 4) is 0 Å². The highest BCUT2D eigenvalue weighted by Gasteiger charge is 2.09. The van der Waals surface area contributed by atoms with Gasteiger partial charge in [0.15, 0.2) is 0 Å². The first-order valence-corrected chi connectivity index (χ1v) is 8.81. The summed E-state index contributed by atoms with van der Waals surface area (Å²) in [5, 5.41) is 6.48. The summed E-state index contributed by atoms with van der Waals surface area (Å²) in [6, 6.07) is 13.9. The zero-order valence-corrected chi connectivity index (χ0v) is 15.2. The Kier molecular flexibility index (Phi) is 6.33. The van der Waals surface area contributed by atoms with Gasteiger partial charge in [0.25, 0.3) is 5.91 Å². The lowest BCUT2D eigenvalue weighted by Gasteiger charge is -2.08. The van der Waals surface area contributed by atoms with Crippen molar-refractivity contribution < 1.29 is 9.18 Å². The second kappa shape index (κ2) is 9.09. The molecule has 0 aliphatic carbocycles. The summed E-state index contributed by atoms with van der Waals surface area (Å²) < 4.78 is 13.6. The van der Waals surface area contributed by atoms with E-state index in [-0.39, 0.29) is 18.1 Å². The minimum Gasteiger partial charge on any atom is -0.368 e. The van der Waals surface area contributed by atoms with Crippen molar-refractivity contribution in [1.82, 2.24) is 15.3 Å². The van der Waals surface area contributed by atoms with Gasteiger partial charge >= 0.3 is 0 Å². The van der Waals surface area contributed by atoms with E-state index in [9.17, 15) is 9.18 Å². The monoisotopic (exact) mass is 384 g/mol. The van der Waals surface area contributed by atoms with Crippen LogP contribution in [0.5, 0.6) is 0 Å². The molecule has 1 heterocycles. The highest BCUT2D eigenvalue weighted by molar-refractivity contribution is 6.30. The third kappa shape index (κ3) is 5.49. The van der Waals surface area contributed by atoms with Crippen LogP contribution in [0.25, 0.3) is 0 Å². The normalized spacial score (nSPS) is 10.4. The van der Waals surface area contributed by atoms with Crippen LogP contribution < -0.4 is 10.6 Å². The highest BCUT2D eigenvalue weighted by Crippen LogP contribution is 2.11. The number of rotatable bonds is 7. The van der Waals surface area contributed by atoms with Gasteiger partial charge in [0.1, 0.15) is 17.3 Å². The molecule has 0 spiro atoms. The lowest BCUT2D eigenvalue weighted by molar-refractivity contribution is 0.0945. The largest absolute Gasteiger partial charge is 0.368 e. The minimum atomic E-state index is -0.406. The molecule has 138 valence electrons. The topological polar surface area (TPSA) is 66.9 Å². The quantitative estimate of drug-likeness (QED) is 0.649. The Morgan fingerprint density at radius 3 is 2.67 bits per heavy atom. The van der Waals surface area contributed by atoms with Gasteiger partial charge in [0.05, 0.1) is 12.4 Å². The molecule has 0 unspecified atom stereocenters. The molecule has 0 fully saturated rings. The van der Waals surface area contributed by atoms with Crippen LogP contribution >= 0.6 is 11.6 Å². The fourth-order valence-corrected chi connectivity index (χ4v) is 2.68. The van der Waals surface area contributed by atoms with Gasteiger partial charge in [0, 0.05) is 23.7 Å². The summed E-state index contributed by atoms with van der Waals surface area (Å²) in [4.78, 5) is 20.4. The highest BCUT2D eigenvalue weighted by atomic mass is 35.5. The molecule has 3 rings (SSSR count). The van der Waals surface area contributed by atoms with Gasteiger partial charge in [-0.2, -0.15) is 0 Å². The molecule has 27 heavy (non-hydrogen) atoms. The van der Waals surface area contributed by atoms with Gasteiger partial charge < -0.3 is 10.6 Å². The Bertz CT molecular complexity index is 918. The van der Waals surface area contributed by atoms with Gasteiger partial charge in [-0.05, 0) is 30.2 Å². The van der Waals surface area contributed by atoms with Crippen LogP contribution in [-0.4, -0.2) is 22.4 Å². The first kappa shape index (κ1) is 18.8. The van der Waals surface area contributed by atoms with Crippen LogP contribution in [0, 0.1) is 5.82 Å². The first-order chi connectivity index (χ1) is 13.1. The van der Waals surface area contributed by atoms with Crippen molar-refractivity contribution in [1.29, 1.82) is 0 Å². The minimum absolute atomic E-state index is 0.0901. The molecular weight excluding hydrogens is 367 g/mol. The number of aromatic nitrogens is 2. The van der Waals surface area contributed by atoms with Crippen LogP contribution in [0.15, 0.2) is 60.9 Å². The van der Waals surface area contributed by atoms with Crippen LogP contribution in [0.1, 0.15) is 21.6 Å². The summed E-state index contributed by atoms with van der Waals surface area (Å²) in [5.74, 6) is -0.193. The number of nitrogens with zero attached hydrogens (tertiary/aromatic N) is 2. The lowest BCUT2D eigenvalue weighted by atomic mass is 10.1. The molecular formula is C20H18ClFN4O. The third-order valence-corrected chi connectivity index (χ3v) is 4.13. The van der Waals surface area contributed by atoms with E-state index in [1.165, 1.54) is 18.5 Å². The van der Waals surface area contributed by atoms with E-state index in [4.69, 9.17) is 11.6 Å². The number of nitrogens with one attached hydrogen (secondary N) is 2. The molecule has 2 aromatic carbocycles. The molecule has 3 aromatic rings. The van der Waals surface area contributed by atoms with E-state index in [0.717, 1.165) is 12.0 Å². The van der Waals surface area contributed by atoms with Gasteiger partial charge in [-0.1, -0.05) is 41.9 Å². The maximum Gasteiger partial charge on any atom is 0.271 e. The predicted octanol–water partition coefficient (Wildman–Crippen LogP) is 3.85. The van der Waals surface area contributed by atoms with Crippen LogP contribution in [0.4, 0.5) is 10.2 Å². The van der Waals surface area contributed by atoms with E-state index < -0.39 is 5.91 Å². The molecule has 2 N–H and O–H groups in total. The fraction of sp³-hybridized carbons (Fsp3) is 0.150. The van der Waals surface area contributed by atoms with Gasteiger partial charge in [0.2, 0.25) is 0 Å². The molecule has 0 radical (unpaired) electrons. The van der Waals surface area contributed by atoms with E-state index in [1.54, 1.807) is 18.2 Å². The zero-order valence-electron chi connectivity index (χ0n) is 14.5. The van der Waals surface area contributed by atoms with E-state index in [1.807, 2.05) is 24.3 Å². The molecule has 5 nitrogen and oxygen atoms in total. The standard InChI is InChI=1S/C20H18ClFN4O/c21-16-6-3-4-14(10-16)8-9-23-19-13-24-18(12-25-19)20(27)26-11-15-5-1-2-7-17(15)22/h1-7,10,12-13H,8-9,11H2,(H,23,25)(H,26,27). The number of benzene rings is 2. The number of carbonyl (C=O) groups is 1. The summed E-state index contributed by atoms with van der Waals surface area (Å²) >= 11 is 5.96. The molecule has 1 amide bonds. The van der Waals surface area contributed by atoms with E-state index in [2.05, 4.69) is 20.6 Å². The Hall–Kier alpha value is -2.99. The number of anilines is 1. The van der Waals surface area contributed by atoms with Gasteiger partial charge in [-0.25, -0.2) is 14.4 Å². The SMILES string of the molecule is O=C(NCc1ccccc1F)c1cnc(NCCc2cccc(Cl)c2)cn1. The van der Waals surface area contributed by atoms with Gasteiger partial charge in [-0.3, -0.25) is 4.79 Å². The second-order valence-corrected chi connectivity index (χ2v) is 6.30. The molecule has 0 aliphatic heterocycles. The third-order valence-electron chi connectivity index (χ3n) is 3.89. The number of carbonyl (C=O) groups excluding carboxylic acids is 1. The van der Waals surface area contributed by atoms with Crippen molar-refractivity contribution in [3.63, 3.8) is 0 Å². The molecule has 1 aromatic heterocycles. The molecule has 0 saturated carbocycles. The number of halogens is 2. The number of amides is 1. The van der Waals surface area contributed by atoms with Crippen molar-refractivity contribution in [2.75, 3.05) is 11.9 Å². The first-order valence-electron chi connectivity index (χ1n) is 8.44. The summed E-state index contributed by atoms with van der Waals surface area (Å²) in [7, 11) is 0. The van der Waals surface area contributed by atoms with Gasteiger partial charge in [-0.15, -0.1) is 0 Å². The van der Waals surface area contributed by atoms with Crippen molar-refractivity contribution in [3.05, 3.63) is 88.6 Å². The smallest absolute Gasteiger partial charge is 0.271 e. The maximum atomic E-state index is 13.6. The molecule has 0 bridgehead atoms. The number of hydrogen-bond acceptors (Lipinski definition) is 4. The lowest BCUT2D eigenvalue weighted by Crippen LogP contribution is -2.24. The van der Waals surface area contributed by atoms with Crippen LogP contribution in [-0.2, 0) is 13.0 Å². The molecule has 0 saturated heterocycles. The summed E-state index contributed by atoms with van der Waals surface area (Å²) in [5.41, 5.74) is 1.71. The summed E-state index contributed by atoms with van der Waals surface area (Å²) in [6.07, 6.45) is 3.67. The van der Waals surface area contributed by atoms with Crippen molar-refractivity contribution in [2.45, 2.75) is 13.0 Å². The Labute approximate surface area is 161 Å². The second-order valence-electron chi connectivity index (χ2n) is 5.87. The van der Waals surface area contributed by atoms with Crippen molar-refractivity contribution in [2.24, 2.45) is 0 Å². The average molecular weight is 385 g/mol. The van der Waals surface area contributed by atoms with E-state index in [0.29, 0.717) is 22.9 Å². The Morgan fingerprint density at radius 2 is 1.93 bits per heavy atom. The molecule has 0 atom stereocenters. The van der Waals surface area contributed by atoms with Crippen molar-refractivity contribution >= 4 is 23.3 Å². The van der Waals surface area contributed by atoms with E-state index >= 15 is 0 Å². The zero-order chi connectivity index (χ0) is 19.1. The Balaban J connectivity index is 1.49. The number of hydrogen-bond donors (Lipinski definition) is 2. The Morgan fingerprint density at radius 1 is 1.07 bits per heavy atom. The van der Waals surface area contributed by atoms with Crippen LogP contribution in [0.2, 0.25) is 5.02 Å². The summed E-state index contributed by atoms with van der Waals surface area (Å²) in [6.45, 7) is 0.751. The molecule has 0 aliphatic rings.